The summed E-state index contributed by atoms with van der Waals surface area (Å²) < 4.78 is 105. The summed E-state index contributed by atoms with van der Waals surface area (Å²) in [4.78, 5) is 0. The third-order valence-corrected chi connectivity index (χ3v) is 2.70. The zero-order valence-corrected chi connectivity index (χ0v) is 9.39. The van der Waals surface area contributed by atoms with Gasteiger partial charge >= 0.3 is 0 Å². The summed E-state index contributed by atoms with van der Waals surface area (Å²) in [7, 11) is 0. The number of allylic oxidation sites excluding steroid dienone is 4. The van der Waals surface area contributed by atoms with Gasteiger partial charge in [-0.15, -0.1) is 0 Å². The fourth-order valence-electron chi connectivity index (χ4n) is 1.78. The molecule has 0 spiro atoms. The molecule has 1 aliphatic carbocycles. The number of hydrogen-bond acceptors (Lipinski definition) is 0. The highest BCUT2D eigenvalue weighted by Crippen LogP contribution is 2.48. The normalized spacial score (nSPS) is 18.8. The molecular weight excluding hydrogens is 296 g/mol. The lowest BCUT2D eigenvalue weighted by atomic mass is 9.91. The summed E-state index contributed by atoms with van der Waals surface area (Å²) in [6, 6.07) is 0.601. The maximum atomic E-state index is 13.5. The molecule has 0 saturated heterocycles. The molecule has 1 aromatic carbocycles. The Hall–Kier alpha value is -1.86. The second-order valence-corrected chi connectivity index (χ2v) is 4.01. The Morgan fingerprint density at radius 3 is 2.00 bits per heavy atom. The maximum absolute atomic E-state index is 13.5. The Bertz CT molecular complexity index is 641. The van der Waals surface area contributed by atoms with E-state index in [4.69, 9.17) is 0 Å². The van der Waals surface area contributed by atoms with Gasteiger partial charge in [0.1, 0.15) is 5.83 Å². The summed E-state index contributed by atoms with van der Waals surface area (Å²) >= 11 is 0. The zero-order chi connectivity index (χ0) is 15.2. The van der Waals surface area contributed by atoms with E-state index >= 15 is 0 Å². The average molecular weight is 300 g/mol. The summed E-state index contributed by atoms with van der Waals surface area (Å²) in [6.07, 6.45) is -1.83. The van der Waals surface area contributed by atoms with Crippen molar-refractivity contribution in [1.29, 1.82) is 0 Å². The minimum atomic E-state index is -4.30. The largest absolute Gasteiger partial charge is 0.283 e. The molecule has 0 heterocycles. The molecular formula is C12H4F8. The van der Waals surface area contributed by atoms with Crippen molar-refractivity contribution in [3.8, 4) is 0 Å². The van der Waals surface area contributed by atoms with E-state index in [1.165, 1.54) is 0 Å². The molecule has 0 radical (unpaired) electrons. The lowest BCUT2D eigenvalue weighted by Gasteiger charge is -2.24. The van der Waals surface area contributed by atoms with Gasteiger partial charge in [-0.1, -0.05) is 0 Å². The van der Waals surface area contributed by atoms with Crippen molar-refractivity contribution in [2.24, 2.45) is 0 Å². The van der Waals surface area contributed by atoms with Crippen LogP contribution in [0.2, 0.25) is 0 Å². The van der Waals surface area contributed by atoms with Gasteiger partial charge in [-0.2, -0.15) is 0 Å². The van der Waals surface area contributed by atoms with E-state index in [9.17, 15) is 35.1 Å². The molecule has 2 rings (SSSR count). The van der Waals surface area contributed by atoms with Gasteiger partial charge in [0.05, 0.1) is 12.0 Å². The molecule has 20 heavy (non-hydrogen) atoms. The van der Waals surface area contributed by atoms with Crippen LogP contribution in [-0.4, -0.2) is 5.92 Å². The number of hydrogen-bond donors (Lipinski definition) is 0. The average Bonchev–Trinajstić information content (AvgIpc) is 2.35. The standard InChI is InChI=1S/C12H4F8/c13-5-2-1-4(8(15)9(5)16)7-11(18)10(17)6(14)3-12(7,19)20/h1-2H,3H2. The molecule has 0 amide bonds. The highest BCUT2D eigenvalue weighted by molar-refractivity contribution is 5.77. The van der Waals surface area contributed by atoms with Crippen LogP contribution >= 0.6 is 0 Å². The first kappa shape index (κ1) is 14.5. The molecule has 0 atom stereocenters. The lowest BCUT2D eigenvalue weighted by Crippen LogP contribution is -2.24. The smallest absolute Gasteiger partial charge is 0.208 e. The third kappa shape index (κ3) is 2.08. The summed E-state index contributed by atoms with van der Waals surface area (Å²) in [5.41, 5.74) is -3.22. The monoisotopic (exact) mass is 300 g/mol. The van der Waals surface area contributed by atoms with E-state index in [-0.39, 0.29) is 6.07 Å². The fourth-order valence-corrected chi connectivity index (χ4v) is 1.78. The topological polar surface area (TPSA) is 0 Å². The number of benzene rings is 1. The Labute approximate surface area is 107 Å². The van der Waals surface area contributed by atoms with Gasteiger partial charge < -0.3 is 0 Å². The molecule has 1 aromatic rings. The Morgan fingerprint density at radius 1 is 0.800 bits per heavy atom. The predicted octanol–water partition coefficient (Wildman–Crippen LogP) is 4.97. The van der Waals surface area contributed by atoms with Crippen molar-refractivity contribution >= 4 is 5.57 Å². The third-order valence-electron chi connectivity index (χ3n) is 2.70. The van der Waals surface area contributed by atoms with Crippen molar-refractivity contribution in [2.75, 3.05) is 0 Å². The van der Waals surface area contributed by atoms with Crippen LogP contribution in [0.15, 0.2) is 29.6 Å². The maximum Gasteiger partial charge on any atom is 0.283 e. The van der Waals surface area contributed by atoms with Crippen LogP contribution in [-0.2, 0) is 0 Å². The highest BCUT2D eigenvalue weighted by Gasteiger charge is 2.46. The minimum absolute atomic E-state index is 0.274. The van der Waals surface area contributed by atoms with E-state index in [0.717, 1.165) is 0 Å². The van der Waals surface area contributed by atoms with Crippen LogP contribution in [0.25, 0.3) is 5.57 Å². The van der Waals surface area contributed by atoms with Gasteiger partial charge in [-0.05, 0) is 12.1 Å². The number of alkyl halides is 2. The molecule has 1 aliphatic rings. The molecule has 108 valence electrons. The van der Waals surface area contributed by atoms with Crippen LogP contribution in [0.5, 0.6) is 0 Å². The van der Waals surface area contributed by atoms with Crippen LogP contribution in [0, 0.1) is 17.5 Å². The number of halogens is 8. The molecule has 0 saturated carbocycles. The summed E-state index contributed by atoms with van der Waals surface area (Å²) in [5.74, 6) is -16.8. The van der Waals surface area contributed by atoms with E-state index in [0.29, 0.717) is 6.07 Å². The van der Waals surface area contributed by atoms with Crippen LogP contribution < -0.4 is 0 Å². The predicted molar refractivity (Wildman–Crippen MR) is 53.1 cm³/mol. The molecule has 0 N–H and O–H groups in total. The zero-order valence-electron chi connectivity index (χ0n) is 9.39. The van der Waals surface area contributed by atoms with Gasteiger partial charge in [-0.25, -0.2) is 35.1 Å². The highest BCUT2D eigenvalue weighted by atomic mass is 19.3. The molecule has 0 aliphatic heterocycles. The van der Waals surface area contributed by atoms with Crippen molar-refractivity contribution in [3.63, 3.8) is 0 Å². The van der Waals surface area contributed by atoms with E-state index in [2.05, 4.69) is 0 Å². The quantitative estimate of drug-likeness (QED) is 0.507. The molecule has 8 heteroatoms. The van der Waals surface area contributed by atoms with Crippen LogP contribution in [0.1, 0.15) is 12.0 Å². The molecule has 0 unspecified atom stereocenters. The SMILES string of the molecule is FC1=C(F)C(F)=C(c2ccc(F)c(F)c2F)C(F)(F)C1. The van der Waals surface area contributed by atoms with Gasteiger partial charge in [0.25, 0.3) is 5.92 Å². The second kappa shape index (κ2) is 4.60. The van der Waals surface area contributed by atoms with E-state index in [1.54, 1.807) is 0 Å². The van der Waals surface area contributed by atoms with E-state index < -0.39 is 58.4 Å². The van der Waals surface area contributed by atoms with Crippen molar-refractivity contribution in [3.05, 3.63) is 52.6 Å². The second-order valence-electron chi connectivity index (χ2n) is 4.01. The Morgan fingerprint density at radius 2 is 1.40 bits per heavy atom. The molecule has 0 bridgehead atoms. The molecule has 0 nitrogen and oxygen atoms in total. The first-order chi connectivity index (χ1) is 9.16. The van der Waals surface area contributed by atoms with Gasteiger partial charge in [0.2, 0.25) is 0 Å². The van der Waals surface area contributed by atoms with Gasteiger partial charge in [-0.3, -0.25) is 0 Å². The van der Waals surface area contributed by atoms with Crippen molar-refractivity contribution < 1.29 is 35.1 Å². The Balaban J connectivity index is 2.76. The first-order valence-electron chi connectivity index (χ1n) is 5.13. The fraction of sp³-hybridized carbons (Fsp3) is 0.167. The van der Waals surface area contributed by atoms with Crippen LogP contribution in [0.4, 0.5) is 35.1 Å². The van der Waals surface area contributed by atoms with E-state index in [1.807, 2.05) is 0 Å². The van der Waals surface area contributed by atoms with Crippen molar-refractivity contribution in [1.82, 2.24) is 0 Å². The molecule has 0 aromatic heterocycles. The van der Waals surface area contributed by atoms with Gasteiger partial charge in [0.15, 0.2) is 29.1 Å². The summed E-state index contributed by atoms with van der Waals surface area (Å²) in [5, 5.41) is 0. The summed E-state index contributed by atoms with van der Waals surface area (Å²) in [6.45, 7) is 0. The lowest BCUT2D eigenvalue weighted by molar-refractivity contribution is 0.0548. The number of rotatable bonds is 1. The van der Waals surface area contributed by atoms with Crippen LogP contribution in [0.3, 0.4) is 0 Å². The van der Waals surface area contributed by atoms with Gasteiger partial charge in [0, 0.05) is 5.56 Å². The molecule has 0 fully saturated rings. The first-order valence-corrected chi connectivity index (χ1v) is 5.13. The van der Waals surface area contributed by atoms with Crippen molar-refractivity contribution in [2.45, 2.75) is 12.3 Å². The Kier molecular flexibility index (Phi) is 3.35. The minimum Gasteiger partial charge on any atom is -0.208 e.